The zero-order chi connectivity index (χ0) is 11.4. The smallest absolute Gasteiger partial charge is 0.380 e. The first-order valence-electron chi connectivity index (χ1n) is 6.27. The first-order valence-corrected chi connectivity index (χ1v) is 6.27. The Hall–Kier alpha value is -0.795. The maximum absolute atomic E-state index is 6.05. The molecule has 0 saturated carbocycles. The molecule has 0 aromatic heterocycles. The molecule has 0 unspecified atom stereocenters. The van der Waals surface area contributed by atoms with E-state index in [4.69, 9.17) is 4.65 Å². The summed E-state index contributed by atoms with van der Waals surface area (Å²) in [5.74, 6) is 0. The highest BCUT2D eigenvalue weighted by Gasteiger charge is 2.34. The van der Waals surface area contributed by atoms with Crippen LogP contribution in [0.4, 0.5) is 0 Å². The van der Waals surface area contributed by atoms with Gasteiger partial charge in [0.1, 0.15) is 0 Å². The minimum Gasteiger partial charge on any atom is -0.413 e. The van der Waals surface area contributed by atoms with Crippen LogP contribution in [0.2, 0.25) is 6.32 Å². The number of rotatable bonds is 4. The van der Waals surface area contributed by atoms with Gasteiger partial charge in [-0.2, -0.15) is 0 Å². The molecule has 0 spiro atoms. The fourth-order valence-electron chi connectivity index (χ4n) is 2.27. The Labute approximate surface area is 98.5 Å². The normalized spacial score (nSPS) is 25.0. The summed E-state index contributed by atoms with van der Waals surface area (Å²) >= 11 is 0. The first-order chi connectivity index (χ1) is 7.81. The number of nitrogens with one attached hydrogen (secondary N) is 1. The van der Waals surface area contributed by atoms with Gasteiger partial charge in [-0.25, -0.2) is 0 Å². The molecule has 86 valence electrons. The SMILES string of the molecule is CCCCB1N[C@H](C)[C@@H](c2ccccc2)O1. The average Bonchev–Trinajstić information content (AvgIpc) is 2.69. The molecule has 1 aliphatic heterocycles. The van der Waals surface area contributed by atoms with Gasteiger partial charge in [-0.1, -0.05) is 50.1 Å². The van der Waals surface area contributed by atoms with Gasteiger partial charge in [-0.15, -0.1) is 0 Å². The van der Waals surface area contributed by atoms with Gasteiger partial charge in [-0.05, 0) is 18.8 Å². The molecule has 0 bridgehead atoms. The van der Waals surface area contributed by atoms with Crippen molar-refractivity contribution in [1.82, 2.24) is 5.23 Å². The molecule has 0 radical (unpaired) electrons. The van der Waals surface area contributed by atoms with Crippen LogP contribution in [-0.4, -0.2) is 13.1 Å². The third kappa shape index (κ3) is 2.66. The van der Waals surface area contributed by atoms with Crippen molar-refractivity contribution in [3.05, 3.63) is 35.9 Å². The Kier molecular flexibility index (Phi) is 4.02. The summed E-state index contributed by atoms with van der Waals surface area (Å²) < 4.78 is 6.05. The highest BCUT2D eigenvalue weighted by atomic mass is 16.5. The van der Waals surface area contributed by atoms with Crippen LogP contribution in [0, 0.1) is 0 Å². The van der Waals surface area contributed by atoms with Crippen LogP contribution in [-0.2, 0) is 4.65 Å². The molecule has 1 saturated heterocycles. The monoisotopic (exact) mass is 217 g/mol. The summed E-state index contributed by atoms with van der Waals surface area (Å²) in [5.41, 5.74) is 1.28. The van der Waals surface area contributed by atoms with Crippen molar-refractivity contribution >= 4 is 7.05 Å². The Bertz CT molecular complexity index is 317. The predicted octanol–water partition coefficient (Wildman–Crippen LogP) is 3.02. The first kappa shape index (κ1) is 11.7. The minimum atomic E-state index is 0.211. The molecule has 2 rings (SSSR count). The highest BCUT2D eigenvalue weighted by Crippen LogP contribution is 2.27. The van der Waals surface area contributed by atoms with Gasteiger partial charge in [0.05, 0.1) is 6.10 Å². The van der Waals surface area contributed by atoms with Crippen molar-refractivity contribution < 1.29 is 4.65 Å². The molecular weight excluding hydrogens is 197 g/mol. The van der Waals surface area contributed by atoms with Crippen molar-refractivity contribution in [2.24, 2.45) is 0 Å². The molecule has 0 aliphatic carbocycles. The summed E-state index contributed by atoms with van der Waals surface area (Å²) in [6.45, 7) is 4.41. The van der Waals surface area contributed by atoms with Crippen molar-refractivity contribution in [2.45, 2.75) is 45.2 Å². The van der Waals surface area contributed by atoms with E-state index in [1.54, 1.807) is 0 Å². The van der Waals surface area contributed by atoms with E-state index >= 15 is 0 Å². The van der Waals surface area contributed by atoms with Gasteiger partial charge in [0.2, 0.25) is 0 Å². The largest absolute Gasteiger partial charge is 0.413 e. The van der Waals surface area contributed by atoms with Crippen LogP contribution >= 0.6 is 0 Å². The second-order valence-electron chi connectivity index (χ2n) is 4.55. The van der Waals surface area contributed by atoms with E-state index in [2.05, 4.69) is 43.3 Å². The molecule has 1 aromatic rings. The number of benzene rings is 1. The fourth-order valence-corrected chi connectivity index (χ4v) is 2.27. The van der Waals surface area contributed by atoms with E-state index in [0.29, 0.717) is 6.04 Å². The van der Waals surface area contributed by atoms with Crippen LogP contribution in [0.15, 0.2) is 30.3 Å². The number of unbranched alkanes of at least 4 members (excludes halogenated alkanes) is 1. The van der Waals surface area contributed by atoms with Crippen molar-refractivity contribution in [2.75, 3.05) is 0 Å². The van der Waals surface area contributed by atoms with Crippen LogP contribution in [0.25, 0.3) is 0 Å². The minimum absolute atomic E-state index is 0.211. The molecule has 1 aliphatic rings. The van der Waals surface area contributed by atoms with Crippen LogP contribution in [0.1, 0.15) is 38.4 Å². The molecule has 16 heavy (non-hydrogen) atoms. The highest BCUT2D eigenvalue weighted by molar-refractivity contribution is 6.49. The Morgan fingerprint density at radius 2 is 2.06 bits per heavy atom. The second kappa shape index (κ2) is 5.51. The Morgan fingerprint density at radius 3 is 2.75 bits per heavy atom. The van der Waals surface area contributed by atoms with Gasteiger partial charge in [0.25, 0.3) is 0 Å². The zero-order valence-corrected chi connectivity index (χ0v) is 10.1. The van der Waals surface area contributed by atoms with Crippen molar-refractivity contribution in [3.8, 4) is 0 Å². The molecule has 1 aromatic carbocycles. The molecule has 3 heteroatoms. The molecule has 1 heterocycles. The average molecular weight is 217 g/mol. The summed E-state index contributed by atoms with van der Waals surface area (Å²) in [6, 6.07) is 10.9. The van der Waals surface area contributed by atoms with E-state index in [1.807, 2.05) is 6.07 Å². The van der Waals surface area contributed by atoms with Crippen LogP contribution in [0.5, 0.6) is 0 Å². The maximum atomic E-state index is 6.05. The van der Waals surface area contributed by atoms with E-state index in [0.717, 1.165) is 6.32 Å². The quantitative estimate of drug-likeness (QED) is 0.782. The van der Waals surface area contributed by atoms with E-state index in [-0.39, 0.29) is 13.2 Å². The zero-order valence-electron chi connectivity index (χ0n) is 10.1. The molecule has 2 atom stereocenters. The molecule has 0 amide bonds. The summed E-state index contributed by atoms with van der Waals surface area (Å²) in [4.78, 5) is 0. The standard InChI is InChI=1S/C13H20BNO/c1-3-4-10-14-15-11(2)13(16-14)12-8-6-5-7-9-12/h5-9,11,13,15H,3-4,10H2,1-2H3/t11-,13+/m1/s1. The molecule has 1 N–H and O–H groups in total. The number of hydrogen-bond acceptors (Lipinski definition) is 2. The lowest BCUT2D eigenvalue weighted by atomic mass is 9.77. The van der Waals surface area contributed by atoms with Gasteiger partial charge in [0.15, 0.2) is 0 Å². The van der Waals surface area contributed by atoms with Gasteiger partial charge in [0, 0.05) is 6.04 Å². The lowest BCUT2D eigenvalue weighted by molar-refractivity contribution is 0.219. The maximum Gasteiger partial charge on any atom is 0.380 e. The van der Waals surface area contributed by atoms with Crippen molar-refractivity contribution in [1.29, 1.82) is 0 Å². The second-order valence-corrected chi connectivity index (χ2v) is 4.55. The third-order valence-electron chi connectivity index (χ3n) is 3.16. The molecular formula is C13H20BNO. The van der Waals surface area contributed by atoms with E-state index in [1.165, 1.54) is 18.4 Å². The lowest BCUT2D eigenvalue weighted by Gasteiger charge is -2.15. The van der Waals surface area contributed by atoms with Gasteiger partial charge < -0.3 is 9.88 Å². The number of hydrogen-bond donors (Lipinski definition) is 1. The van der Waals surface area contributed by atoms with Gasteiger partial charge in [-0.3, -0.25) is 0 Å². The van der Waals surface area contributed by atoms with Gasteiger partial charge >= 0.3 is 7.05 Å². The topological polar surface area (TPSA) is 21.3 Å². The van der Waals surface area contributed by atoms with Crippen LogP contribution in [0.3, 0.4) is 0 Å². The predicted molar refractivity (Wildman–Crippen MR) is 68.3 cm³/mol. The molecule has 1 fully saturated rings. The van der Waals surface area contributed by atoms with Crippen LogP contribution < -0.4 is 5.23 Å². The third-order valence-corrected chi connectivity index (χ3v) is 3.16. The Morgan fingerprint density at radius 1 is 1.31 bits per heavy atom. The molecule has 2 nitrogen and oxygen atoms in total. The Balaban J connectivity index is 1.97. The summed E-state index contributed by atoms with van der Waals surface area (Å²) in [7, 11) is 0.236. The van der Waals surface area contributed by atoms with E-state index in [9.17, 15) is 0 Å². The fraction of sp³-hybridized carbons (Fsp3) is 0.538. The summed E-state index contributed by atoms with van der Waals surface area (Å²) in [5, 5.41) is 3.51. The lowest BCUT2D eigenvalue weighted by Crippen LogP contribution is -2.32. The van der Waals surface area contributed by atoms with Crippen molar-refractivity contribution in [3.63, 3.8) is 0 Å². The van der Waals surface area contributed by atoms with E-state index < -0.39 is 0 Å². The summed E-state index contributed by atoms with van der Waals surface area (Å²) in [6.07, 6.45) is 3.78.